The van der Waals surface area contributed by atoms with E-state index in [4.69, 9.17) is 0 Å². The van der Waals surface area contributed by atoms with Crippen LogP contribution in [0.5, 0.6) is 0 Å². The predicted octanol–water partition coefficient (Wildman–Crippen LogP) is 1.18. The van der Waals surface area contributed by atoms with Crippen molar-refractivity contribution < 1.29 is 21.6 Å². The van der Waals surface area contributed by atoms with Gasteiger partial charge in [-0.15, -0.1) is 0 Å². The highest BCUT2D eigenvalue weighted by atomic mass is 32.2. The maximum Gasteiger partial charge on any atom is 0.502 e. The van der Waals surface area contributed by atoms with Gasteiger partial charge in [-0.25, -0.2) is 8.42 Å². The fourth-order valence-corrected chi connectivity index (χ4v) is 3.76. The molecule has 20 heavy (non-hydrogen) atoms. The van der Waals surface area contributed by atoms with Crippen molar-refractivity contribution in [3.05, 3.63) is 12.4 Å². The van der Waals surface area contributed by atoms with E-state index in [2.05, 4.69) is 10.4 Å². The van der Waals surface area contributed by atoms with E-state index < -0.39 is 20.2 Å². The quantitative estimate of drug-likeness (QED) is 0.910. The summed E-state index contributed by atoms with van der Waals surface area (Å²) in [7, 11) is -5.29. The van der Waals surface area contributed by atoms with E-state index in [0.717, 1.165) is 38.3 Å². The first-order valence-electron chi connectivity index (χ1n) is 6.26. The fourth-order valence-electron chi connectivity index (χ4n) is 3.04. The summed E-state index contributed by atoms with van der Waals surface area (Å²) in [6.07, 6.45) is 3.76. The van der Waals surface area contributed by atoms with Crippen LogP contribution in [-0.2, 0) is 16.4 Å². The minimum atomic E-state index is -5.29. The van der Waals surface area contributed by atoms with Crippen molar-refractivity contribution in [3.8, 4) is 0 Å². The van der Waals surface area contributed by atoms with Crippen molar-refractivity contribution >= 4 is 9.84 Å². The van der Waals surface area contributed by atoms with Crippen molar-refractivity contribution in [1.29, 1.82) is 0 Å². The molecule has 0 radical (unpaired) electrons. The third-order valence-electron chi connectivity index (χ3n) is 4.11. The van der Waals surface area contributed by atoms with Crippen LogP contribution in [0.2, 0.25) is 0 Å². The molecule has 0 atom stereocenters. The van der Waals surface area contributed by atoms with E-state index >= 15 is 0 Å². The Balaban J connectivity index is 1.66. The Morgan fingerprint density at radius 1 is 1.40 bits per heavy atom. The van der Waals surface area contributed by atoms with Crippen LogP contribution < -0.4 is 5.32 Å². The van der Waals surface area contributed by atoms with Gasteiger partial charge in [-0.1, -0.05) is 0 Å². The van der Waals surface area contributed by atoms with Crippen LogP contribution in [0.3, 0.4) is 0 Å². The SMILES string of the molecule is O=S(=O)(c1cnn(CC2CC3(CNC3)C2)c1)C(F)(F)F. The number of halogens is 3. The predicted molar refractivity (Wildman–Crippen MR) is 63.5 cm³/mol. The second-order valence-electron chi connectivity index (χ2n) is 5.73. The lowest BCUT2D eigenvalue weighted by Crippen LogP contribution is -2.60. The molecule has 1 saturated carbocycles. The van der Waals surface area contributed by atoms with Crippen molar-refractivity contribution in [2.24, 2.45) is 11.3 Å². The summed E-state index contributed by atoms with van der Waals surface area (Å²) in [6.45, 7) is 2.46. The third kappa shape index (κ3) is 2.12. The summed E-state index contributed by atoms with van der Waals surface area (Å²) in [4.78, 5) is -0.788. The maximum absolute atomic E-state index is 12.4. The molecule has 1 aromatic rings. The normalized spacial score (nSPS) is 22.6. The lowest BCUT2D eigenvalue weighted by molar-refractivity contribution is -0.0436. The van der Waals surface area contributed by atoms with E-state index in [1.54, 1.807) is 0 Å². The van der Waals surface area contributed by atoms with E-state index in [1.165, 1.54) is 4.68 Å². The number of nitrogens with zero attached hydrogens (tertiary/aromatic N) is 2. The molecule has 0 unspecified atom stereocenters. The summed E-state index contributed by atoms with van der Waals surface area (Å²) in [5, 5.41) is 6.93. The van der Waals surface area contributed by atoms with Gasteiger partial charge in [0.2, 0.25) is 0 Å². The van der Waals surface area contributed by atoms with Crippen molar-refractivity contribution in [2.45, 2.75) is 29.8 Å². The molecule has 1 spiro atoms. The number of hydrogen-bond acceptors (Lipinski definition) is 4. The smallest absolute Gasteiger partial charge is 0.316 e. The molecule has 1 N–H and O–H groups in total. The first kappa shape index (κ1) is 13.9. The molecule has 2 fully saturated rings. The van der Waals surface area contributed by atoms with Crippen molar-refractivity contribution in [2.75, 3.05) is 13.1 Å². The maximum atomic E-state index is 12.4. The average molecular weight is 309 g/mol. The molecule has 0 aromatic carbocycles. The summed E-state index contributed by atoms with van der Waals surface area (Å²) >= 11 is 0. The number of aromatic nitrogens is 2. The van der Waals surface area contributed by atoms with Crippen molar-refractivity contribution in [1.82, 2.24) is 15.1 Å². The zero-order chi connectivity index (χ0) is 14.6. The Labute approximate surface area is 114 Å². The number of hydrogen-bond donors (Lipinski definition) is 1. The van der Waals surface area contributed by atoms with E-state index in [1.807, 2.05) is 0 Å². The molecular weight excluding hydrogens is 295 g/mol. The second kappa shape index (κ2) is 4.20. The van der Waals surface area contributed by atoms with Gasteiger partial charge in [-0.05, 0) is 24.2 Å². The Morgan fingerprint density at radius 3 is 2.55 bits per heavy atom. The van der Waals surface area contributed by atoms with E-state index in [0.29, 0.717) is 17.9 Å². The Bertz CT molecular complexity index is 611. The molecule has 3 rings (SSSR count). The topological polar surface area (TPSA) is 64.0 Å². The molecule has 0 amide bonds. The summed E-state index contributed by atoms with van der Waals surface area (Å²) < 4.78 is 60.9. The van der Waals surface area contributed by atoms with E-state index in [9.17, 15) is 21.6 Å². The molecule has 1 aliphatic carbocycles. The third-order valence-corrected chi connectivity index (χ3v) is 5.55. The van der Waals surface area contributed by atoms with Crippen LogP contribution in [0.1, 0.15) is 12.8 Å². The van der Waals surface area contributed by atoms with Gasteiger partial charge in [0.15, 0.2) is 0 Å². The highest BCUT2D eigenvalue weighted by Gasteiger charge is 2.49. The highest BCUT2D eigenvalue weighted by molar-refractivity contribution is 7.92. The molecule has 0 bridgehead atoms. The second-order valence-corrected chi connectivity index (χ2v) is 7.67. The zero-order valence-corrected chi connectivity index (χ0v) is 11.3. The average Bonchev–Trinajstić information content (AvgIpc) is 2.67. The Kier molecular flexibility index (Phi) is 2.91. The summed E-state index contributed by atoms with van der Waals surface area (Å²) in [5.41, 5.74) is -4.91. The van der Waals surface area contributed by atoms with Crippen LogP contribution in [0, 0.1) is 11.3 Å². The lowest BCUT2D eigenvalue weighted by atomic mass is 9.58. The molecule has 5 nitrogen and oxygen atoms in total. The molecule has 2 heterocycles. The molecule has 2 aliphatic rings. The monoisotopic (exact) mass is 309 g/mol. The van der Waals surface area contributed by atoms with Crippen LogP contribution in [0.15, 0.2) is 17.3 Å². The number of alkyl halides is 3. The van der Waals surface area contributed by atoms with Gasteiger partial charge in [-0.2, -0.15) is 18.3 Å². The lowest BCUT2D eigenvalue weighted by Gasteiger charge is -2.54. The van der Waals surface area contributed by atoms with E-state index in [-0.39, 0.29) is 0 Å². The first-order chi connectivity index (χ1) is 9.22. The molecule has 1 aliphatic heterocycles. The molecule has 9 heteroatoms. The van der Waals surface area contributed by atoms with Gasteiger partial charge in [0.25, 0.3) is 9.84 Å². The van der Waals surface area contributed by atoms with Gasteiger partial charge >= 0.3 is 5.51 Å². The highest BCUT2D eigenvalue weighted by Crippen LogP contribution is 2.48. The van der Waals surface area contributed by atoms with Crippen LogP contribution in [0.4, 0.5) is 13.2 Å². The van der Waals surface area contributed by atoms with Gasteiger partial charge < -0.3 is 5.32 Å². The fraction of sp³-hybridized carbons (Fsp3) is 0.727. The molecule has 1 saturated heterocycles. The Hall–Kier alpha value is -1.09. The van der Waals surface area contributed by atoms with Gasteiger partial charge in [0, 0.05) is 25.8 Å². The first-order valence-corrected chi connectivity index (χ1v) is 7.75. The number of sulfone groups is 1. The standard InChI is InChI=1S/C11H14F3N3O2S/c12-11(13,14)20(18,19)9-3-16-17(5-9)4-8-1-10(2-8)6-15-7-10/h3,5,8,15H,1-2,4,6-7H2. The minimum Gasteiger partial charge on any atom is -0.316 e. The number of rotatable bonds is 3. The summed E-state index contributed by atoms with van der Waals surface area (Å²) in [5.74, 6) is 0.360. The van der Waals surface area contributed by atoms with Crippen LogP contribution in [0.25, 0.3) is 0 Å². The molecule has 1 aromatic heterocycles. The Morgan fingerprint density at radius 2 is 2.05 bits per heavy atom. The summed E-state index contributed by atoms with van der Waals surface area (Å²) in [6, 6.07) is 0. The van der Waals surface area contributed by atoms with Crippen LogP contribution in [-0.4, -0.2) is 36.8 Å². The van der Waals surface area contributed by atoms with Gasteiger partial charge in [0.1, 0.15) is 4.90 Å². The zero-order valence-electron chi connectivity index (χ0n) is 10.5. The van der Waals surface area contributed by atoms with Gasteiger partial charge in [-0.3, -0.25) is 4.68 Å². The number of nitrogens with one attached hydrogen (secondary N) is 1. The molecule has 112 valence electrons. The largest absolute Gasteiger partial charge is 0.502 e. The minimum absolute atomic E-state index is 0.360. The van der Waals surface area contributed by atoms with Crippen LogP contribution >= 0.6 is 0 Å². The van der Waals surface area contributed by atoms with Crippen molar-refractivity contribution in [3.63, 3.8) is 0 Å². The molecular formula is C11H14F3N3O2S. The van der Waals surface area contributed by atoms with Gasteiger partial charge in [0.05, 0.1) is 6.20 Å².